The molecule has 0 aromatic heterocycles. The van der Waals surface area contributed by atoms with Crippen molar-refractivity contribution in [2.24, 2.45) is 0 Å². The second kappa shape index (κ2) is 6.96. The molecule has 0 aliphatic carbocycles. The first kappa shape index (κ1) is 15.7. The van der Waals surface area contributed by atoms with Gasteiger partial charge in [0.2, 0.25) is 0 Å². The normalized spacial score (nSPS) is 13.5. The summed E-state index contributed by atoms with van der Waals surface area (Å²) in [7, 11) is 0. The summed E-state index contributed by atoms with van der Waals surface area (Å²) < 4.78 is 12.8. The Bertz CT molecular complexity index is 695. The number of amides is 2. The first-order valence-electron chi connectivity index (χ1n) is 7.50. The summed E-state index contributed by atoms with van der Waals surface area (Å²) in [6.07, 6.45) is 1.65. The summed E-state index contributed by atoms with van der Waals surface area (Å²) >= 11 is 1.65. The highest BCUT2D eigenvalue weighted by molar-refractivity contribution is 7.99. The molecular weight excluding hydrogens is 313 g/mol. The number of thioether (sulfide) groups is 1. The molecule has 0 bridgehead atoms. The Labute approximate surface area is 138 Å². The van der Waals surface area contributed by atoms with Crippen molar-refractivity contribution < 1.29 is 14.0 Å². The van der Waals surface area contributed by atoms with Crippen LogP contribution in [-0.4, -0.2) is 29.0 Å². The van der Waals surface area contributed by atoms with Crippen LogP contribution in [-0.2, 0) is 0 Å². The summed E-state index contributed by atoms with van der Waals surface area (Å²) in [4.78, 5) is 26.7. The molecule has 0 unspecified atom stereocenters. The van der Waals surface area contributed by atoms with Gasteiger partial charge in [-0.25, -0.2) is 4.39 Å². The van der Waals surface area contributed by atoms with Crippen molar-refractivity contribution in [2.75, 3.05) is 12.3 Å². The van der Waals surface area contributed by atoms with Crippen molar-refractivity contribution in [3.63, 3.8) is 0 Å². The van der Waals surface area contributed by atoms with Gasteiger partial charge in [0.25, 0.3) is 11.8 Å². The molecule has 23 heavy (non-hydrogen) atoms. The van der Waals surface area contributed by atoms with Crippen LogP contribution in [0.25, 0.3) is 0 Å². The average Bonchev–Trinajstić information content (AvgIpc) is 2.81. The van der Waals surface area contributed by atoms with Crippen molar-refractivity contribution in [3.8, 4) is 0 Å². The van der Waals surface area contributed by atoms with Gasteiger partial charge >= 0.3 is 0 Å². The van der Waals surface area contributed by atoms with Crippen molar-refractivity contribution in [3.05, 3.63) is 65.5 Å². The van der Waals surface area contributed by atoms with Crippen molar-refractivity contribution in [1.29, 1.82) is 0 Å². The molecule has 5 heteroatoms. The number of benzene rings is 2. The Morgan fingerprint density at radius 2 is 1.48 bits per heavy atom. The molecule has 118 valence electrons. The van der Waals surface area contributed by atoms with E-state index in [1.807, 2.05) is 0 Å². The summed E-state index contributed by atoms with van der Waals surface area (Å²) in [5.41, 5.74) is 0.997. The lowest BCUT2D eigenvalue weighted by Crippen LogP contribution is -2.30. The van der Waals surface area contributed by atoms with Crippen molar-refractivity contribution >= 4 is 23.6 Å². The largest absolute Gasteiger partial charge is 0.274 e. The van der Waals surface area contributed by atoms with E-state index in [0.29, 0.717) is 17.7 Å². The van der Waals surface area contributed by atoms with E-state index in [1.165, 1.54) is 17.0 Å². The molecule has 2 aromatic carbocycles. The molecular formula is C18H16FNO2S. The maximum absolute atomic E-state index is 12.8. The topological polar surface area (TPSA) is 37.4 Å². The number of fused-ring (bicyclic) bond motifs is 1. The Kier molecular flexibility index (Phi) is 4.76. The highest BCUT2D eigenvalue weighted by Crippen LogP contribution is 2.23. The lowest BCUT2D eigenvalue weighted by molar-refractivity contribution is 0.0652. The summed E-state index contributed by atoms with van der Waals surface area (Å²) in [5, 5.41) is 0. The van der Waals surface area contributed by atoms with Gasteiger partial charge in [-0.05, 0) is 55.0 Å². The van der Waals surface area contributed by atoms with E-state index in [1.54, 1.807) is 48.2 Å². The molecule has 0 N–H and O–H groups in total. The van der Waals surface area contributed by atoms with E-state index in [9.17, 15) is 14.0 Å². The van der Waals surface area contributed by atoms with E-state index >= 15 is 0 Å². The predicted molar refractivity (Wildman–Crippen MR) is 88.2 cm³/mol. The molecule has 1 aliphatic heterocycles. The first-order chi connectivity index (χ1) is 11.2. The highest BCUT2D eigenvalue weighted by Gasteiger charge is 2.34. The zero-order chi connectivity index (χ0) is 16.2. The van der Waals surface area contributed by atoms with E-state index in [-0.39, 0.29) is 17.6 Å². The fourth-order valence-corrected chi connectivity index (χ4v) is 3.45. The van der Waals surface area contributed by atoms with Gasteiger partial charge in [-0.2, -0.15) is 0 Å². The zero-order valence-corrected chi connectivity index (χ0v) is 13.3. The second-order valence-electron chi connectivity index (χ2n) is 5.32. The molecule has 0 saturated carbocycles. The molecule has 3 nitrogen and oxygen atoms in total. The molecule has 1 heterocycles. The number of carbonyl (C=O) groups is 2. The number of nitrogens with zero attached hydrogens (tertiary/aromatic N) is 1. The lowest BCUT2D eigenvalue weighted by Gasteiger charge is -2.13. The van der Waals surface area contributed by atoms with Gasteiger partial charge in [-0.1, -0.05) is 12.1 Å². The van der Waals surface area contributed by atoms with Crippen LogP contribution in [0.5, 0.6) is 0 Å². The van der Waals surface area contributed by atoms with Crippen LogP contribution in [0.3, 0.4) is 0 Å². The Morgan fingerprint density at radius 1 is 0.870 bits per heavy atom. The number of unbranched alkanes of at least 4 members (excludes halogenated alkanes) is 1. The number of halogens is 1. The molecule has 0 fully saturated rings. The fraction of sp³-hybridized carbons (Fsp3) is 0.222. The number of carbonyl (C=O) groups excluding carboxylic acids is 2. The van der Waals surface area contributed by atoms with Crippen LogP contribution >= 0.6 is 11.8 Å². The van der Waals surface area contributed by atoms with E-state index in [0.717, 1.165) is 23.5 Å². The number of imide groups is 1. The van der Waals surface area contributed by atoms with Gasteiger partial charge in [-0.15, -0.1) is 11.8 Å². The minimum atomic E-state index is -0.236. The third-order valence-corrected chi connectivity index (χ3v) is 4.83. The van der Waals surface area contributed by atoms with Crippen molar-refractivity contribution in [1.82, 2.24) is 4.90 Å². The van der Waals surface area contributed by atoms with Gasteiger partial charge in [0.1, 0.15) is 5.82 Å². The lowest BCUT2D eigenvalue weighted by atomic mass is 10.1. The number of hydrogen-bond donors (Lipinski definition) is 0. The predicted octanol–water partition coefficient (Wildman–Crippen LogP) is 3.99. The summed E-state index contributed by atoms with van der Waals surface area (Å²) in [6, 6.07) is 13.3. The molecule has 0 atom stereocenters. The van der Waals surface area contributed by atoms with Gasteiger partial charge in [0.05, 0.1) is 11.1 Å². The SMILES string of the molecule is O=C1c2ccccc2C(=O)N1CCCCSc1ccc(F)cc1. The van der Waals surface area contributed by atoms with Crippen LogP contribution < -0.4 is 0 Å². The van der Waals surface area contributed by atoms with Crippen LogP contribution in [0.1, 0.15) is 33.6 Å². The van der Waals surface area contributed by atoms with Crippen molar-refractivity contribution in [2.45, 2.75) is 17.7 Å². The Hall–Kier alpha value is -2.14. The molecule has 2 amide bonds. The Morgan fingerprint density at radius 3 is 2.09 bits per heavy atom. The van der Waals surface area contributed by atoms with E-state index in [2.05, 4.69) is 0 Å². The Balaban J connectivity index is 1.46. The van der Waals surface area contributed by atoms with Gasteiger partial charge < -0.3 is 0 Å². The molecule has 0 radical (unpaired) electrons. The van der Waals surface area contributed by atoms with Gasteiger partial charge in [-0.3, -0.25) is 14.5 Å². The number of rotatable bonds is 6. The maximum Gasteiger partial charge on any atom is 0.261 e. The van der Waals surface area contributed by atoms with Crippen LogP contribution in [0.15, 0.2) is 53.4 Å². The molecule has 1 aliphatic rings. The van der Waals surface area contributed by atoms with Crippen LogP contribution in [0.2, 0.25) is 0 Å². The average molecular weight is 329 g/mol. The minimum Gasteiger partial charge on any atom is -0.274 e. The van der Waals surface area contributed by atoms with E-state index < -0.39 is 0 Å². The van der Waals surface area contributed by atoms with Crippen LogP contribution in [0, 0.1) is 5.82 Å². The van der Waals surface area contributed by atoms with E-state index in [4.69, 9.17) is 0 Å². The molecule has 3 rings (SSSR count). The summed E-state index contributed by atoms with van der Waals surface area (Å²) in [6.45, 7) is 0.441. The monoisotopic (exact) mass is 329 g/mol. The van der Waals surface area contributed by atoms with Gasteiger partial charge in [0, 0.05) is 11.4 Å². The third-order valence-electron chi connectivity index (χ3n) is 3.74. The zero-order valence-electron chi connectivity index (χ0n) is 12.5. The molecule has 0 saturated heterocycles. The van der Waals surface area contributed by atoms with Gasteiger partial charge in [0.15, 0.2) is 0 Å². The second-order valence-corrected chi connectivity index (χ2v) is 6.49. The quantitative estimate of drug-likeness (QED) is 0.457. The number of hydrogen-bond acceptors (Lipinski definition) is 3. The smallest absolute Gasteiger partial charge is 0.261 e. The standard InChI is InChI=1S/C18H16FNO2S/c19-13-7-9-14(10-8-13)23-12-4-3-11-20-17(21)15-5-1-2-6-16(15)18(20)22/h1-2,5-10H,3-4,11-12H2. The van der Waals surface area contributed by atoms with Crippen LogP contribution in [0.4, 0.5) is 4.39 Å². The maximum atomic E-state index is 12.8. The molecule has 0 spiro atoms. The highest BCUT2D eigenvalue weighted by atomic mass is 32.2. The summed E-state index contributed by atoms with van der Waals surface area (Å²) in [5.74, 6) is 0.239. The minimum absolute atomic E-state index is 0.197. The first-order valence-corrected chi connectivity index (χ1v) is 8.49. The fourth-order valence-electron chi connectivity index (χ4n) is 2.54. The molecule has 2 aromatic rings. The third kappa shape index (κ3) is 3.45.